The number of aliphatic hydroxyl groups excluding tert-OH is 1. The summed E-state index contributed by atoms with van der Waals surface area (Å²) in [6.45, 7) is 5.79. The molecular weight excluding hydrogens is 193 g/mol. The van der Waals surface area contributed by atoms with Crippen LogP contribution in [0.2, 0.25) is 0 Å². The van der Waals surface area contributed by atoms with Crippen LogP contribution in [0.3, 0.4) is 0 Å². The summed E-state index contributed by atoms with van der Waals surface area (Å²) in [6, 6.07) is 0. The van der Waals surface area contributed by atoms with Crippen LogP contribution in [-0.4, -0.2) is 18.3 Å². The van der Waals surface area contributed by atoms with Crippen molar-refractivity contribution in [3.05, 3.63) is 0 Å². The summed E-state index contributed by atoms with van der Waals surface area (Å²) in [7, 11) is 2.53. The fraction of sp³-hybridized carbons (Fsp3) is 1.00. The average Bonchev–Trinajstić information content (AvgIpc) is 2.22. The number of hydrogen-bond acceptors (Lipinski definition) is 2. The van der Waals surface area contributed by atoms with E-state index in [1.54, 1.807) is 0 Å². The van der Waals surface area contributed by atoms with Gasteiger partial charge in [0.15, 0.2) is 0 Å². The molecule has 2 N–H and O–H groups in total. The summed E-state index contributed by atoms with van der Waals surface area (Å²) in [5.74, 6) is 1.17. The minimum Gasteiger partial charge on any atom is -0.396 e. The molecule has 0 rings (SSSR count). The maximum atomic E-state index is 9.14. The highest BCUT2D eigenvalue weighted by Gasteiger charge is 2.15. The molecule has 3 atom stereocenters. The minimum absolute atomic E-state index is 0.336. The van der Waals surface area contributed by atoms with E-state index in [1.807, 2.05) is 0 Å². The number of aliphatic hydroxyl groups is 1. The Hall–Kier alpha value is 0.350. The van der Waals surface area contributed by atoms with Gasteiger partial charge in [0.1, 0.15) is 0 Å². The van der Waals surface area contributed by atoms with E-state index >= 15 is 0 Å². The van der Waals surface area contributed by atoms with Crippen LogP contribution in [-0.2, 0) is 0 Å². The Kier molecular flexibility index (Phi) is 10.1. The first-order chi connectivity index (χ1) is 6.76. The van der Waals surface area contributed by atoms with Crippen LogP contribution in [0, 0.1) is 11.8 Å². The summed E-state index contributed by atoms with van der Waals surface area (Å²) >= 11 is 0. The molecular formula is C11H26NOP. The van der Waals surface area contributed by atoms with Crippen LogP contribution in [0.1, 0.15) is 46.0 Å². The zero-order valence-electron chi connectivity index (χ0n) is 9.63. The molecule has 0 aromatic heterocycles. The summed E-state index contributed by atoms with van der Waals surface area (Å²) < 4.78 is 0. The predicted octanol–water partition coefficient (Wildman–Crippen LogP) is 2.58. The SMILES string of the molecule is CCCCC(CCCNP)C(C)CO. The van der Waals surface area contributed by atoms with Crippen molar-refractivity contribution in [2.24, 2.45) is 11.8 Å². The maximum Gasteiger partial charge on any atom is 0.0459 e. The third-order valence-electron chi connectivity index (χ3n) is 2.92. The third kappa shape index (κ3) is 6.75. The standard InChI is InChI=1S/C11H26NOP/c1-3-4-6-11(10(2)9-13)7-5-8-12-14/h10-13H,3-9,14H2,1-2H3. The Morgan fingerprint density at radius 1 is 1.29 bits per heavy atom. The molecule has 0 fully saturated rings. The van der Waals surface area contributed by atoms with Crippen molar-refractivity contribution in [3.8, 4) is 0 Å². The van der Waals surface area contributed by atoms with Gasteiger partial charge in [-0.2, -0.15) is 0 Å². The molecule has 14 heavy (non-hydrogen) atoms. The number of nitrogens with one attached hydrogen (secondary N) is 1. The lowest BCUT2D eigenvalue weighted by Crippen LogP contribution is -2.17. The lowest BCUT2D eigenvalue weighted by molar-refractivity contribution is 0.173. The molecule has 0 bridgehead atoms. The molecule has 0 heterocycles. The molecule has 0 saturated heterocycles. The van der Waals surface area contributed by atoms with Crippen molar-refractivity contribution >= 4 is 9.39 Å². The summed E-state index contributed by atoms with van der Waals surface area (Å²) in [6.07, 6.45) is 6.28. The van der Waals surface area contributed by atoms with Gasteiger partial charge in [0.05, 0.1) is 0 Å². The zero-order valence-corrected chi connectivity index (χ0v) is 10.8. The lowest BCUT2D eigenvalue weighted by Gasteiger charge is -2.22. The van der Waals surface area contributed by atoms with Crippen molar-refractivity contribution in [2.45, 2.75) is 46.0 Å². The van der Waals surface area contributed by atoms with Gasteiger partial charge in [-0.1, -0.05) is 42.5 Å². The van der Waals surface area contributed by atoms with Gasteiger partial charge in [-0.25, -0.2) is 0 Å². The van der Waals surface area contributed by atoms with E-state index in [-0.39, 0.29) is 0 Å². The largest absolute Gasteiger partial charge is 0.396 e. The average molecular weight is 219 g/mol. The van der Waals surface area contributed by atoms with Gasteiger partial charge >= 0.3 is 0 Å². The molecule has 0 amide bonds. The van der Waals surface area contributed by atoms with E-state index < -0.39 is 0 Å². The third-order valence-corrected chi connectivity index (χ3v) is 3.21. The Bertz CT molecular complexity index is 122. The summed E-state index contributed by atoms with van der Waals surface area (Å²) in [5.41, 5.74) is 0. The first kappa shape index (κ1) is 14.3. The zero-order chi connectivity index (χ0) is 10.8. The van der Waals surface area contributed by atoms with Gasteiger partial charge in [-0.15, -0.1) is 0 Å². The van der Waals surface area contributed by atoms with Gasteiger partial charge in [0, 0.05) is 6.61 Å². The fourth-order valence-electron chi connectivity index (χ4n) is 1.80. The van der Waals surface area contributed by atoms with Gasteiger partial charge in [-0.05, 0) is 31.2 Å². The topological polar surface area (TPSA) is 32.3 Å². The molecule has 3 heteroatoms. The summed E-state index contributed by atoms with van der Waals surface area (Å²) in [4.78, 5) is 0. The highest BCUT2D eigenvalue weighted by Crippen LogP contribution is 2.23. The van der Waals surface area contributed by atoms with Crippen molar-refractivity contribution in [1.29, 1.82) is 0 Å². The monoisotopic (exact) mass is 219 g/mol. The molecule has 0 saturated carbocycles. The van der Waals surface area contributed by atoms with Gasteiger partial charge in [0.25, 0.3) is 0 Å². The molecule has 0 aliphatic heterocycles. The minimum atomic E-state index is 0.336. The van der Waals surface area contributed by atoms with E-state index in [1.165, 1.54) is 32.1 Å². The molecule has 0 aliphatic rings. The van der Waals surface area contributed by atoms with E-state index in [9.17, 15) is 0 Å². The van der Waals surface area contributed by atoms with Gasteiger partial charge < -0.3 is 10.2 Å². The first-order valence-corrected chi connectivity index (χ1v) is 6.38. The number of rotatable bonds is 9. The molecule has 3 unspecified atom stereocenters. The normalized spacial score (nSPS) is 15.4. The van der Waals surface area contributed by atoms with E-state index in [0.29, 0.717) is 18.4 Å². The lowest BCUT2D eigenvalue weighted by atomic mass is 9.86. The Morgan fingerprint density at radius 2 is 1.93 bits per heavy atom. The molecule has 0 aliphatic carbocycles. The van der Waals surface area contributed by atoms with Crippen molar-refractivity contribution in [1.82, 2.24) is 5.09 Å². The Balaban J connectivity index is 3.72. The van der Waals surface area contributed by atoms with Gasteiger partial charge in [0.2, 0.25) is 0 Å². The first-order valence-electron chi connectivity index (χ1n) is 5.80. The number of unbranched alkanes of at least 4 members (excludes halogenated alkanes) is 1. The second-order valence-electron chi connectivity index (χ2n) is 4.16. The van der Waals surface area contributed by atoms with E-state index in [0.717, 1.165) is 6.54 Å². The van der Waals surface area contributed by atoms with Crippen molar-refractivity contribution in [3.63, 3.8) is 0 Å². The molecule has 0 aromatic rings. The molecule has 0 aromatic carbocycles. The van der Waals surface area contributed by atoms with Crippen molar-refractivity contribution < 1.29 is 5.11 Å². The molecule has 2 nitrogen and oxygen atoms in total. The van der Waals surface area contributed by atoms with Crippen LogP contribution >= 0.6 is 9.39 Å². The summed E-state index contributed by atoms with van der Waals surface area (Å²) in [5, 5.41) is 12.2. The quantitative estimate of drug-likeness (QED) is 0.461. The van der Waals surface area contributed by atoms with Gasteiger partial charge in [-0.3, -0.25) is 0 Å². The smallest absolute Gasteiger partial charge is 0.0459 e. The Morgan fingerprint density at radius 3 is 2.43 bits per heavy atom. The maximum absolute atomic E-state index is 9.14. The highest BCUT2D eigenvalue weighted by molar-refractivity contribution is 7.13. The predicted molar refractivity (Wildman–Crippen MR) is 66.2 cm³/mol. The molecule has 0 radical (unpaired) electrons. The number of hydrogen-bond donors (Lipinski definition) is 2. The van der Waals surface area contributed by atoms with Crippen LogP contribution < -0.4 is 5.09 Å². The highest BCUT2D eigenvalue weighted by atomic mass is 31.0. The van der Waals surface area contributed by atoms with E-state index in [2.05, 4.69) is 28.3 Å². The van der Waals surface area contributed by atoms with Crippen LogP contribution in [0.4, 0.5) is 0 Å². The second kappa shape index (κ2) is 9.89. The molecule has 86 valence electrons. The van der Waals surface area contributed by atoms with Crippen LogP contribution in [0.25, 0.3) is 0 Å². The molecule has 0 spiro atoms. The fourth-order valence-corrected chi connectivity index (χ4v) is 2.00. The van der Waals surface area contributed by atoms with E-state index in [4.69, 9.17) is 5.11 Å². The van der Waals surface area contributed by atoms with Crippen LogP contribution in [0.5, 0.6) is 0 Å². The van der Waals surface area contributed by atoms with Crippen LogP contribution in [0.15, 0.2) is 0 Å². The Labute approximate surface area is 91.1 Å². The second-order valence-corrected chi connectivity index (χ2v) is 4.57. The van der Waals surface area contributed by atoms with Crippen molar-refractivity contribution in [2.75, 3.05) is 13.2 Å².